The van der Waals surface area contributed by atoms with Crippen molar-refractivity contribution in [3.8, 4) is 0 Å². The highest BCUT2D eigenvalue weighted by Crippen LogP contribution is 2.16. The second-order valence-corrected chi connectivity index (χ2v) is 4.04. The Morgan fingerprint density at radius 1 is 1.47 bits per heavy atom. The van der Waals surface area contributed by atoms with Gasteiger partial charge in [0.1, 0.15) is 0 Å². The molecule has 0 aliphatic carbocycles. The van der Waals surface area contributed by atoms with E-state index in [1.54, 1.807) is 12.1 Å². The molecule has 0 aliphatic rings. The lowest BCUT2D eigenvalue weighted by Gasteiger charge is -2.02. The number of nitrogens with zero attached hydrogens (tertiary/aromatic N) is 1. The Morgan fingerprint density at radius 3 is 3.00 bits per heavy atom. The van der Waals surface area contributed by atoms with Gasteiger partial charge in [0.05, 0.1) is 10.9 Å². The largest absolute Gasteiger partial charge is 0.284 e. The fourth-order valence-electron chi connectivity index (χ4n) is 1.66. The molecule has 3 nitrogen and oxygen atoms in total. The Balaban J connectivity index is 2.54. The fourth-order valence-corrected chi connectivity index (χ4v) is 1.82. The van der Waals surface area contributed by atoms with Crippen LogP contribution < -0.4 is 5.56 Å². The van der Waals surface area contributed by atoms with E-state index >= 15 is 0 Å². The third-order valence-electron chi connectivity index (χ3n) is 2.47. The quantitative estimate of drug-likeness (QED) is 0.856. The van der Waals surface area contributed by atoms with E-state index < -0.39 is 0 Å². The number of hydrogen-bond acceptors (Lipinski definition) is 1. The average molecular weight is 225 g/mol. The van der Waals surface area contributed by atoms with Gasteiger partial charge in [-0.15, -0.1) is 0 Å². The molecule has 80 valence electrons. The van der Waals surface area contributed by atoms with Crippen LogP contribution in [0.5, 0.6) is 0 Å². The lowest BCUT2D eigenvalue weighted by Crippen LogP contribution is -2.05. The van der Waals surface area contributed by atoms with Crippen molar-refractivity contribution in [1.82, 2.24) is 9.78 Å². The maximum absolute atomic E-state index is 11.6. The number of halogens is 1. The molecule has 2 rings (SSSR count). The molecule has 15 heavy (non-hydrogen) atoms. The molecule has 0 bridgehead atoms. The lowest BCUT2D eigenvalue weighted by molar-refractivity contribution is 0.584. The molecule has 0 saturated carbocycles. The predicted octanol–water partition coefficient (Wildman–Crippen LogP) is 2.78. The molecule has 0 saturated heterocycles. The van der Waals surface area contributed by atoms with Gasteiger partial charge in [-0.2, -0.15) is 0 Å². The van der Waals surface area contributed by atoms with Crippen molar-refractivity contribution in [2.75, 3.05) is 0 Å². The SMILES string of the molecule is CCCCn1[nH]c(=O)c2ccc(Cl)cc21. The molecule has 1 aromatic carbocycles. The number of aromatic amines is 1. The maximum atomic E-state index is 11.6. The molecule has 0 atom stereocenters. The maximum Gasteiger partial charge on any atom is 0.271 e. The lowest BCUT2D eigenvalue weighted by atomic mass is 10.2. The standard InChI is InChI=1S/C11H13ClN2O/c1-2-3-6-14-10-7-8(12)4-5-9(10)11(15)13-14/h4-5,7H,2-3,6H2,1H3,(H,13,15). The molecular weight excluding hydrogens is 212 g/mol. The Labute approximate surface area is 92.6 Å². The van der Waals surface area contributed by atoms with Gasteiger partial charge in [-0.25, -0.2) is 0 Å². The van der Waals surface area contributed by atoms with Crippen molar-refractivity contribution < 1.29 is 0 Å². The molecular formula is C11H13ClN2O. The number of unbranched alkanes of at least 4 members (excludes halogenated alkanes) is 1. The third-order valence-corrected chi connectivity index (χ3v) is 2.70. The van der Waals surface area contributed by atoms with E-state index in [1.165, 1.54) is 0 Å². The van der Waals surface area contributed by atoms with Crippen LogP contribution in [0.3, 0.4) is 0 Å². The van der Waals surface area contributed by atoms with Gasteiger partial charge >= 0.3 is 0 Å². The summed E-state index contributed by atoms with van der Waals surface area (Å²) in [7, 11) is 0. The first-order valence-corrected chi connectivity index (χ1v) is 5.48. The van der Waals surface area contributed by atoms with Gasteiger partial charge in [-0.1, -0.05) is 24.9 Å². The number of rotatable bonds is 3. The molecule has 1 aromatic heterocycles. The van der Waals surface area contributed by atoms with Crippen molar-refractivity contribution in [2.24, 2.45) is 0 Å². The summed E-state index contributed by atoms with van der Waals surface area (Å²) >= 11 is 5.90. The van der Waals surface area contributed by atoms with E-state index in [4.69, 9.17) is 11.6 Å². The smallest absolute Gasteiger partial charge is 0.271 e. The zero-order valence-electron chi connectivity index (χ0n) is 8.59. The van der Waals surface area contributed by atoms with E-state index in [9.17, 15) is 4.79 Å². The Bertz CT molecular complexity index is 527. The van der Waals surface area contributed by atoms with E-state index in [0.717, 1.165) is 24.9 Å². The zero-order chi connectivity index (χ0) is 10.8. The molecule has 0 unspecified atom stereocenters. The van der Waals surface area contributed by atoms with Crippen LogP contribution in [-0.4, -0.2) is 9.78 Å². The highest BCUT2D eigenvalue weighted by atomic mass is 35.5. The summed E-state index contributed by atoms with van der Waals surface area (Å²) in [4.78, 5) is 11.6. The van der Waals surface area contributed by atoms with E-state index in [1.807, 2.05) is 10.7 Å². The molecule has 0 radical (unpaired) electrons. The summed E-state index contributed by atoms with van der Waals surface area (Å²) in [5.74, 6) is 0. The second-order valence-electron chi connectivity index (χ2n) is 3.61. The molecule has 0 aliphatic heterocycles. The van der Waals surface area contributed by atoms with Crippen LogP contribution in [0.25, 0.3) is 10.9 Å². The van der Waals surface area contributed by atoms with Crippen molar-refractivity contribution in [2.45, 2.75) is 26.3 Å². The van der Waals surface area contributed by atoms with Crippen molar-refractivity contribution in [1.29, 1.82) is 0 Å². The Kier molecular flexibility index (Phi) is 2.82. The molecule has 4 heteroatoms. The monoisotopic (exact) mass is 224 g/mol. The number of nitrogens with one attached hydrogen (secondary N) is 1. The van der Waals surface area contributed by atoms with E-state index in [0.29, 0.717) is 10.4 Å². The van der Waals surface area contributed by atoms with Gasteiger partial charge in [-0.3, -0.25) is 14.6 Å². The summed E-state index contributed by atoms with van der Waals surface area (Å²) in [5, 5.41) is 4.18. The number of aromatic nitrogens is 2. The van der Waals surface area contributed by atoms with Crippen LogP contribution in [0.1, 0.15) is 19.8 Å². The van der Waals surface area contributed by atoms with Gasteiger partial charge in [0.15, 0.2) is 0 Å². The minimum Gasteiger partial charge on any atom is -0.284 e. The first-order chi connectivity index (χ1) is 7.22. The summed E-state index contributed by atoms with van der Waals surface area (Å²) in [5.41, 5.74) is 0.846. The Morgan fingerprint density at radius 2 is 2.27 bits per heavy atom. The van der Waals surface area contributed by atoms with Crippen LogP contribution in [0, 0.1) is 0 Å². The van der Waals surface area contributed by atoms with Gasteiger partial charge in [0.2, 0.25) is 0 Å². The molecule has 0 fully saturated rings. The predicted molar refractivity (Wildman–Crippen MR) is 62.5 cm³/mol. The van der Waals surface area contributed by atoms with E-state index in [2.05, 4.69) is 12.0 Å². The number of aryl methyl sites for hydroxylation is 1. The van der Waals surface area contributed by atoms with Gasteiger partial charge in [0.25, 0.3) is 5.56 Å². The van der Waals surface area contributed by atoms with Gasteiger partial charge < -0.3 is 0 Å². The highest BCUT2D eigenvalue weighted by molar-refractivity contribution is 6.31. The van der Waals surface area contributed by atoms with Crippen LogP contribution >= 0.6 is 11.6 Å². The normalized spacial score (nSPS) is 11.1. The van der Waals surface area contributed by atoms with Crippen molar-refractivity contribution in [3.63, 3.8) is 0 Å². The summed E-state index contributed by atoms with van der Waals surface area (Å²) in [6, 6.07) is 5.33. The van der Waals surface area contributed by atoms with Crippen LogP contribution in [0.4, 0.5) is 0 Å². The fraction of sp³-hybridized carbons (Fsp3) is 0.364. The topological polar surface area (TPSA) is 37.8 Å². The summed E-state index contributed by atoms with van der Waals surface area (Å²) < 4.78 is 1.87. The van der Waals surface area contributed by atoms with Gasteiger partial charge in [-0.05, 0) is 24.6 Å². The Hall–Kier alpha value is -1.22. The minimum atomic E-state index is -0.0437. The molecule has 2 aromatic rings. The number of hydrogen-bond donors (Lipinski definition) is 1. The summed E-state index contributed by atoms with van der Waals surface area (Å²) in [6.07, 6.45) is 2.15. The molecule has 1 heterocycles. The van der Waals surface area contributed by atoms with E-state index in [-0.39, 0.29) is 5.56 Å². The first kappa shape index (κ1) is 10.3. The second kappa shape index (κ2) is 4.11. The number of benzene rings is 1. The van der Waals surface area contributed by atoms with Crippen LogP contribution in [0.15, 0.2) is 23.0 Å². The van der Waals surface area contributed by atoms with Crippen LogP contribution in [0.2, 0.25) is 5.02 Å². The van der Waals surface area contributed by atoms with Crippen LogP contribution in [-0.2, 0) is 6.54 Å². The summed E-state index contributed by atoms with van der Waals surface area (Å²) in [6.45, 7) is 2.95. The molecule has 1 N–H and O–H groups in total. The van der Waals surface area contributed by atoms with Crippen molar-refractivity contribution >= 4 is 22.5 Å². The van der Waals surface area contributed by atoms with Gasteiger partial charge in [0, 0.05) is 11.6 Å². The highest BCUT2D eigenvalue weighted by Gasteiger charge is 2.05. The zero-order valence-corrected chi connectivity index (χ0v) is 9.34. The van der Waals surface area contributed by atoms with Crippen molar-refractivity contribution in [3.05, 3.63) is 33.6 Å². The number of H-pyrrole nitrogens is 1. The minimum absolute atomic E-state index is 0.0437. The number of fused-ring (bicyclic) bond motifs is 1. The average Bonchev–Trinajstić information content (AvgIpc) is 2.52. The molecule has 0 spiro atoms. The first-order valence-electron chi connectivity index (χ1n) is 5.10. The molecule has 0 amide bonds. The third kappa shape index (κ3) is 1.92.